The van der Waals surface area contributed by atoms with Gasteiger partial charge in [0.2, 0.25) is 0 Å². The maximum atomic E-state index is 13.0. The lowest BCUT2D eigenvalue weighted by atomic mass is 9.94. The number of nitrogens with one attached hydrogen (secondary N) is 2. The highest BCUT2D eigenvalue weighted by atomic mass is 35.5. The second-order valence-electron chi connectivity index (χ2n) is 5.95. The van der Waals surface area contributed by atoms with Crippen LogP contribution in [0.5, 0.6) is 0 Å². The second kappa shape index (κ2) is 7.40. The van der Waals surface area contributed by atoms with Gasteiger partial charge in [0.05, 0.1) is 11.6 Å². The first-order valence-electron chi connectivity index (χ1n) is 7.94. The Morgan fingerprint density at radius 1 is 1.04 bits per heavy atom. The number of nitrogens with zero attached hydrogens (tertiary/aromatic N) is 1. The molecule has 2 aromatic carbocycles. The van der Waals surface area contributed by atoms with Crippen molar-refractivity contribution in [2.75, 3.05) is 12.4 Å². The summed E-state index contributed by atoms with van der Waals surface area (Å²) in [7, 11) is 1.62. The Bertz CT molecular complexity index is 877. The topological polar surface area (TPSA) is 61.4 Å². The highest BCUT2D eigenvalue weighted by Crippen LogP contribution is 2.31. The first kappa shape index (κ1) is 18.3. The molecule has 2 N–H and O–H groups in total. The van der Waals surface area contributed by atoms with Crippen LogP contribution < -0.4 is 10.6 Å². The number of halogens is 2. The van der Waals surface area contributed by atoms with Gasteiger partial charge in [-0.3, -0.25) is 4.79 Å². The van der Waals surface area contributed by atoms with E-state index in [1.807, 2.05) is 0 Å². The van der Waals surface area contributed by atoms with Crippen LogP contribution in [0.3, 0.4) is 0 Å². The zero-order valence-corrected chi connectivity index (χ0v) is 15.7. The molecule has 134 valence electrons. The van der Waals surface area contributed by atoms with Crippen molar-refractivity contribution in [2.45, 2.75) is 13.0 Å². The number of amides is 3. The van der Waals surface area contributed by atoms with Gasteiger partial charge in [-0.05, 0) is 48.9 Å². The van der Waals surface area contributed by atoms with E-state index in [1.54, 1.807) is 62.5 Å². The van der Waals surface area contributed by atoms with Crippen molar-refractivity contribution in [3.05, 3.63) is 75.4 Å². The molecule has 0 radical (unpaired) electrons. The number of anilines is 1. The van der Waals surface area contributed by atoms with Crippen LogP contribution in [-0.2, 0) is 4.79 Å². The Kier molecular flexibility index (Phi) is 5.20. The number of rotatable bonds is 3. The van der Waals surface area contributed by atoms with Crippen LogP contribution in [0.1, 0.15) is 18.5 Å². The summed E-state index contributed by atoms with van der Waals surface area (Å²) in [6.07, 6.45) is 0. The zero-order chi connectivity index (χ0) is 18.8. The molecule has 0 aliphatic carbocycles. The lowest BCUT2D eigenvalue weighted by Crippen LogP contribution is -2.46. The fourth-order valence-corrected chi connectivity index (χ4v) is 3.02. The van der Waals surface area contributed by atoms with Crippen molar-refractivity contribution >= 4 is 40.8 Å². The first-order chi connectivity index (χ1) is 12.4. The Labute approximate surface area is 161 Å². The minimum absolute atomic E-state index is 0.273. The Hall–Kier alpha value is -2.50. The molecule has 26 heavy (non-hydrogen) atoms. The Morgan fingerprint density at radius 2 is 1.58 bits per heavy atom. The van der Waals surface area contributed by atoms with E-state index >= 15 is 0 Å². The summed E-state index contributed by atoms with van der Waals surface area (Å²) in [5.74, 6) is -0.295. The summed E-state index contributed by atoms with van der Waals surface area (Å²) in [5.41, 5.74) is 2.44. The Morgan fingerprint density at radius 3 is 2.15 bits per heavy atom. The fourth-order valence-electron chi connectivity index (χ4n) is 2.77. The number of hydrogen-bond acceptors (Lipinski definition) is 2. The van der Waals surface area contributed by atoms with Crippen molar-refractivity contribution in [2.24, 2.45) is 0 Å². The summed E-state index contributed by atoms with van der Waals surface area (Å²) < 4.78 is 0. The molecule has 0 aromatic heterocycles. The molecule has 0 saturated heterocycles. The van der Waals surface area contributed by atoms with Gasteiger partial charge in [0.1, 0.15) is 0 Å². The predicted molar refractivity (Wildman–Crippen MR) is 103 cm³/mol. The molecule has 3 rings (SSSR count). The van der Waals surface area contributed by atoms with Gasteiger partial charge < -0.3 is 15.5 Å². The van der Waals surface area contributed by atoms with E-state index in [9.17, 15) is 9.59 Å². The molecule has 0 saturated carbocycles. The van der Waals surface area contributed by atoms with Gasteiger partial charge in [-0.15, -0.1) is 0 Å². The summed E-state index contributed by atoms with van der Waals surface area (Å²) in [4.78, 5) is 26.6. The number of benzene rings is 2. The van der Waals surface area contributed by atoms with Crippen molar-refractivity contribution < 1.29 is 9.59 Å². The molecule has 3 amide bonds. The maximum absolute atomic E-state index is 13.0. The quantitative estimate of drug-likeness (QED) is 0.805. The second-order valence-corrected chi connectivity index (χ2v) is 6.83. The van der Waals surface area contributed by atoms with Crippen molar-refractivity contribution in [3.63, 3.8) is 0 Å². The number of carbonyl (C=O) groups excluding carboxylic acids is 2. The summed E-state index contributed by atoms with van der Waals surface area (Å²) in [5, 5.41) is 6.89. The molecule has 2 aromatic rings. The molecular formula is C19H17Cl2N3O2. The molecule has 1 heterocycles. The van der Waals surface area contributed by atoms with Crippen LogP contribution >= 0.6 is 23.2 Å². The van der Waals surface area contributed by atoms with Gasteiger partial charge in [-0.25, -0.2) is 4.79 Å². The van der Waals surface area contributed by atoms with Gasteiger partial charge in [0, 0.05) is 28.5 Å². The molecule has 5 nitrogen and oxygen atoms in total. The minimum atomic E-state index is -0.566. The normalized spacial score (nSPS) is 17.2. The number of urea groups is 1. The third-order valence-corrected chi connectivity index (χ3v) is 4.81. The number of hydrogen-bond donors (Lipinski definition) is 2. The minimum Gasteiger partial charge on any atom is -0.327 e. The third-order valence-electron chi connectivity index (χ3n) is 4.30. The van der Waals surface area contributed by atoms with Gasteiger partial charge in [0.25, 0.3) is 5.91 Å². The molecule has 7 heteroatoms. The van der Waals surface area contributed by atoms with E-state index in [0.717, 1.165) is 5.56 Å². The molecule has 1 atom stereocenters. The first-order valence-corrected chi connectivity index (χ1v) is 8.70. The van der Waals surface area contributed by atoms with Crippen molar-refractivity contribution in [1.29, 1.82) is 0 Å². The van der Waals surface area contributed by atoms with Crippen LogP contribution in [-0.4, -0.2) is 23.9 Å². The highest BCUT2D eigenvalue weighted by molar-refractivity contribution is 6.30. The van der Waals surface area contributed by atoms with Crippen molar-refractivity contribution in [3.8, 4) is 0 Å². The van der Waals surface area contributed by atoms with E-state index in [-0.39, 0.29) is 11.9 Å². The molecule has 0 spiro atoms. The summed E-state index contributed by atoms with van der Waals surface area (Å²) in [6.45, 7) is 1.75. The molecular weight excluding hydrogens is 373 g/mol. The van der Waals surface area contributed by atoms with E-state index < -0.39 is 6.04 Å². The van der Waals surface area contributed by atoms with Crippen LogP contribution in [0, 0.1) is 0 Å². The smallest absolute Gasteiger partial charge is 0.322 e. The predicted octanol–water partition coefficient (Wildman–Crippen LogP) is 4.60. The van der Waals surface area contributed by atoms with E-state index in [2.05, 4.69) is 10.6 Å². The Balaban J connectivity index is 1.97. The molecule has 0 bridgehead atoms. The van der Waals surface area contributed by atoms with Crippen LogP contribution in [0.2, 0.25) is 10.0 Å². The summed E-state index contributed by atoms with van der Waals surface area (Å²) >= 11 is 11.8. The van der Waals surface area contributed by atoms with E-state index in [0.29, 0.717) is 27.0 Å². The molecule has 0 unspecified atom stereocenters. The lowest BCUT2D eigenvalue weighted by molar-refractivity contribution is -0.113. The van der Waals surface area contributed by atoms with Crippen molar-refractivity contribution in [1.82, 2.24) is 10.2 Å². The monoisotopic (exact) mass is 389 g/mol. The fraction of sp³-hybridized carbons (Fsp3) is 0.158. The van der Waals surface area contributed by atoms with Crippen LogP contribution in [0.25, 0.3) is 0 Å². The van der Waals surface area contributed by atoms with Gasteiger partial charge in [-0.1, -0.05) is 35.3 Å². The third kappa shape index (κ3) is 3.69. The van der Waals surface area contributed by atoms with E-state index in [4.69, 9.17) is 23.2 Å². The lowest BCUT2D eigenvalue weighted by Gasteiger charge is -2.33. The SMILES string of the molecule is CC1=C(C(=O)Nc2ccc(Cl)cc2)[C@@H](c2ccc(Cl)cc2)NC(=O)N1C. The van der Waals surface area contributed by atoms with Crippen LogP contribution in [0.15, 0.2) is 59.8 Å². The maximum Gasteiger partial charge on any atom is 0.322 e. The average molecular weight is 390 g/mol. The average Bonchev–Trinajstić information content (AvgIpc) is 2.62. The van der Waals surface area contributed by atoms with Gasteiger partial charge in [-0.2, -0.15) is 0 Å². The summed E-state index contributed by atoms with van der Waals surface area (Å²) in [6, 6.07) is 13.0. The zero-order valence-electron chi connectivity index (χ0n) is 14.2. The molecule has 1 aliphatic rings. The van der Waals surface area contributed by atoms with Gasteiger partial charge in [0.15, 0.2) is 0 Å². The molecule has 1 aliphatic heterocycles. The molecule has 0 fully saturated rings. The van der Waals surface area contributed by atoms with E-state index in [1.165, 1.54) is 4.90 Å². The standard InChI is InChI=1S/C19H17Cl2N3O2/c1-11-16(18(25)22-15-9-7-14(21)8-10-15)17(23-19(26)24(11)2)12-3-5-13(20)6-4-12/h3-10,17H,1-2H3,(H,22,25)(H,23,26)/t17-/m1/s1. The van der Waals surface area contributed by atoms with Crippen LogP contribution in [0.4, 0.5) is 10.5 Å². The largest absolute Gasteiger partial charge is 0.327 e. The number of allylic oxidation sites excluding steroid dienone is 1. The highest BCUT2D eigenvalue weighted by Gasteiger charge is 2.34. The number of carbonyl (C=O) groups is 2. The van der Waals surface area contributed by atoms with Gasteiger partial charge >= 0.3 is 6.03 Å².